The summed E-state index contributed by atoms with van der Waals surface area (Å²) in [5.41, 5.74) is 0. The van der Waals surface area contributed by atoms with E-state index in [1.165, 1.54) is 4.88 Å². The zero-order chi connectivity index (χ0) is 13.5. The quantitative estimate of drug-likeness (QED) is 0.836. The molecule has 106 valence electrons. The first-order valence-corrected chi connectivity index (χ1v) is 7.30. The van der Waals surface area contributed by atoms with Crippen molar-refractivity contribution in [2.45, 2.75) is 12.6 Å². The lowest BCUT2D eigenvalue weighted by atomic mass is 10.2. The van der Waals surface area contributed by atoms with Crippen LogP contribution in [0.4, 0.5) is 0 Å². The number of ether oxygens (including phenoxy) is 2. The zero-order valence-electron chi connectivity index (χ0n) is 11.1. The van der Waals surface area contributed by atoms with E-state index in [0.717, 1.165) is 6.54 Å². The van der Waals surface area contributed by atoms with Crippen LogP contribution in [-0.2, 0) is 20.8 Å². The largest absolute Gasteiger partial charge is 0.383 e. The van der Waals surface area contributed by atoms with Gasteiger partial charge in [0.2, 0.25) is 5.91 Å². The summed E-state index contributed by atoms with van der Waals surface area (Å²) in [5, 5.41) is 5.23. The summed E-state index contributed by atoms with van der Waals surface area (Å²) >= 11 is 1.66. The Labute approximate surface area is 117 Å². The topological polar surface area (TPSA) is 50.8 Å². The highest BCUT2D eigenvalue weighted by Crippen LogP contribution is 2.13. The summed E-state index contributed by atoms with van der Waals surface area (Å²) in [6.45, 7) is 3.64. The molecule has 1 unspecified atom stereocenters. The molecule has 1 saturated heterocycles. The van der Waals surface area contributed by atoms with Gasteiger partial charge in [-0.3, -0.25) is 4.79 Å². The number of morpholine rings is 1. The predicted octanol–water partition coefficient (Wildman–Crippen LogP) is 0.712. The van der Waals surface area contributed by atoms with E-state index >= 15 is 0 Å². The molecule has 19 heavy (non-hydrogen) atoms. The fourth-order valence-corrected chi connectivity index (χ4v) is 2.72. The van der Waals surface area contributed by atoms with Gasteiger partial charge in [-0.2, -0.15) is 0 Å². The van der Waals surface area contributed by atoms with Gasteiger partial charge in [-0.1, -0.05) is 6.07 Å². The van der Waals surface area contributed by atoms with Crippen LogP contribution in [0, 0.1) is 0 Å². The fraction of sp³-hybridized carbons (Fsp3) is 0.615. The number of hydrogen-bond acceptors (Lipinski definition) is 5. The minimum absolute atomic E-state index is 0.0881. The molecule has 2 rings (SSSR count). The Bertz CT molecular complexity index is 377. The van der Waals surface area contributed by atoms with Gasteiger partial charge in [0.25, 0.3) is 0 Å². The van der Waals surface area contributed by atoms with Crippen molar-refractivity contribution in [1.29, 1.82) is 0 Å². The molecule has 6 heteroatoms. The highest BCUT2D eigenvalue weighted by molar-refractivity contribution is 7.09. The molecule has 1 amide bonds. The maximum atomic E-state index is 12.5. The van der Waals surface area contributed by atoms with E-state index in [2.05, 4.69) is 5.32 Å². The third kappa shape index (κ3) is 4.28. The van der Waals surface area contributed by atoms with Crippen LogP contribution >= 0.6 is 11.3 Å². The zero-order valence-corrected chi connectivity index (χ0v) is 11.9. The van der Waals surface area contributed by atoms with Crippen molar-refractivity contribution < 1.29 is 14.3 Å². The molecule has 0 aliphatic carbocycles. The van der Waals surface area contributed by atoms with Gasteiger partial charge in [0.1, 0.15) is 6.04 Å². The summed E-state index contributed by atoms with van der Waals surface area (Å²) in [6, 6.07) is 3.81. The molecule has 1 aliphatic rings. The van der Waals surface area contributed by atoms with Crippen molar-refractivity contribution in [3.05, 3.63) is 22.4 Å². The summed E-state index contributed by atoms with van der Waals surface area (Å²) in [7, 11) is 1.65. The monoisotopic (exact) mass is 284 g/mol. The second-order valence-electron chi connectivity index (χ2n) is 4.41. The first-order chi connectivity index (χ1) is 9.31. The SMILES string of the molecule is COCCN(Cc1cccs1)C(=O)C1COCCN1. The Hall–Kier alpha value is -0.950. The van der Waals surface area contributed by atoms with Crippen molar-refractivity contribution >= 4 is 17.2 Å². The van der Waals surface area contributed by atoms with Crippen LogP contribution in [0.25, 0.3) is 0 Å². The average molecular weight is 284 g/mol. The predicted molar refractivity (Wildman–Crippen MR) is 74.2 cm³/mol. The van der Waals surface area contributed by atoms with Gasteiger partial charge in [-0.15, -0.1) is 11.3 Å². The number of methoxy groups -OCH3 is 1. The first-order valence-electron chi connectivity index (χ1n) is 6.42. The van der Waals surface area contributed by atoms with Crippen LogP contribution in [0.5, 0.6) is 0 Å². The molecule has 0 saturated carbocycles. The second kappa shape index (κ2) is 7.59. The smallest absolute Gasteiger partial charge is 0.242 e. The summed E-state index contributed by atoms with van der Waals surface area (Å²) in [4.78, 5) is 15.5. The molecule has 1 aliphatic heterocycles. The lowest BCUT2D eigenvalue weighted by Gasteiger charge is -2.29. The molecule has 1 aromatic heterocycles. The van der Waals surface area contributed by atoms with Crippen molar-refractivity contribution in [3.63, 3.8) is 0 Å². The molecule has 5 nitrogen and oxygen atoms in total. The van der Waals surface area contributed by atoms with Gasteiger partial charge in [0.05, 0.1) is 26.4 Å². The average Bonchev–Trinajstić information content (AvgIpc) is 2.96. The fourth-order valence-electron chi connectivity index (χ4n) is 2.00. The van der Waals surface area contributed by atoms with Gasteiger partial charge in [-0.05, 0) is 11.4 Å². The third-order valence-corrected chi connectivity index (χ3v) is 3.88. The number of nitrogens with one attached hydrogen (secondary N) is 1. The highest BCUT2D eigenvalue weighted by atomic mass is 32.1. The van der Waals surface area contributed by atoms with Crippen LogP contribution in [0.2, 0.25) is 0 Å². The molecule has 0 radical (unpaired) electrons. The van der Waals surface area contributed by atoms with Gasteiger partial charge >= 0.3 is 0 Å². The standard InChI is InChI=1S/C13H20N2O3S/c1-17-7-5-15(9-11-3-2-8-19-11)13(16)12-10-18-6-4-14-12/h2-3,8,12,14H,4-7,9-10H2,1H3. The highest BCUT2D eigenvalue weighted by Gasteiger charge is 2.26. The van der Waals surface area contributed by atoms with E-state index in [1.807, 2.05) is 22.4 Å². The molecule has 1 aromatic rings. The van der Waals surface area contributed by atoms with E-state index in [9.17, 15) is 4.79 Å². The maximum Gasteiger partial charge on any atom is 0.242 e. The van der Waals surface area contributed by atoms with Crippen molar-refractivity contribution in [3.8, 4) is 0 Å². The molecule has 1 fully saturated rings. The summed E-state index contributed by atoms with van der Waals surface area (Å²) in [5.74, 6) is 0.0881. The Morgan fingerprint density at radius 2 is 2.58 bits per heavy atom. The van der Waals surface area contributed by atoms with E-state index in [-0.39, 0.29) is 11.9 Å². The molecule has 0 spiro atoms. The Morgan fingerprint density at radius 1 is 1.68 bits per heavy atom. The molecular weight excluding hydrogens is 264 g/mol. The van der Waals surface area contributed by atoms with E-state index in [1.54, 1.807) is 18.4 Å². The number of thiophene rings is 1. The van der Waals surface area contributed by atoms with Crippen molar-refractivity contribution in [2.75, 3.05) is 40.0 Å². The van der Waals surface area contributed by atoms with Gasteiger partial charge in [0, 0.05) is 25.1 Å². The Balaban J connectivity index is 1.96. The molecular formula is C13H20N2O3S. The van der Waals surface area contributed by atoms with Crippen molar-refractivity contribution in [1.82, 2.24) is 10.2 Å². The van der Waals surface area contributed by atoms with Crippen LogP contribution < -0.4 is 5.32 Å². The summed E-state index contributed by atoms with van der Waals surface area (Å²) < 4.78 is 10.4. The van der Waals surface area contributed by atoms with Crippen molar-refractivity contribution in [2.24, 2.45) is 0 Å². The van der Waals surface area contributed by atoms with Gasteiger partial charge < -0.3 is 19.7 Å². The molecule has 2 heterocycles. The van der Waals surface area contributed by atoms with Crippen LogP contribution in [-0.4, -0.2) is 56.9 Å². The molecule has 0 aromatic carbocycles. The lowest BCUT2D eigenvalue weighted by molar-refractivity contribution is -0.137. The van der Waals surface area contributed by atoms with E-state index < -0.39 is 0 Å². The normalized spacial score (nSPS) is 19.3. The lowest BCUT2D eigenvalue weighted by Crippen LogP contribution is -2.52. The van der Waals surface area contributed by atoms with Crippen LogP contribution in [0.3, 0.4) is 0 Å². The van der Waals surface area contributed by atoms with E-state index in [0.29, 0.717) is 32.9 Å². The van der Waals surface area contributed by atoms with Gasteiger partial charge in [-0.25, -0.2) is 0 Å². The third-order valence-electron chi connectivity index (χ3n) is 3.02. The number of hydrogen-bond donors (Lipinski definition) is 1. The Kier molecular flexibility index (Phi) is 5.78. The minimum atomic E-state index is -0.231. The maximum absolute atomic E-state index is 12.5. The number of carbonyl (C=O) groups excluding carboxylic acids is 1. The van der Waals surface area contributed by atoms with Crippen LogP contribution in [0.1, 0.15) is 4.88 Å². The number of rotatable bonds is 6. The Morgan fingerprint density at radius 3 is 3.21 bits per heavy atom. The number of nitrogens with zero attached hydrogens (tertiary/aromatic N) is 1. The number of carbonyl (C=O) groups is 1. The molecule has 1 N–H and O–H groups in total. The van der Waals surface area contributed by atoms with Gasteiger partial charge in [0.15, 0.2) is 0 Å². The second-order valence-corrected chi connectivity index (χ2v) is 5.45. The van der Waals surface area contributed by atoms with Crippen LogP contribution in [0.15, 0.2) is 17.5 Å². The molecule has 1 atom stereocenters. The van der Waals surface area contributed by atoms with E-state index in [4.69, 9.17) is 9.47 Å². The summed E-state index contributed by atoms with van der Waals surface area (Å²) in [6.07, 6.45) is 0. The molecule has 0 bridgehead atoms. The minimum Gasteiger partial charge on any atom is -0.383 e. The first kappa shape index (κ1) is 14.5. The number of amides is 1.